The third-order valence-electron chi connectivity index (χ3n) is 4.52. The number of hydrogen-bond acceptors (Lipinski definition) is 5. The van der Waals surface area contributed by atoms with Gasteiger partial charge in [-0.1, -0.05) is 23.2 Å². The molecule has 1 fully saturated rings. The van der Waals surface area contributed by atoms with Crippen LogP contribution in [-0.2, 0) is 11.3 Å². The predicted octanol–water partition coefficient (Wildman–Crippen LogP) is 3.71. The maximum atomic E-state index is 12.5. The van der Waals surface area contributed by atoms with Crippen LogP contribution in [0.4, 0.5) is 0 Å². The minimum absolute atomic E-state index is 0.153. The number of nitrogens with zero attached hydrogens (tertiary/aromatic N) is 3. The molecule has 0 radical (unpaired) electrons. The molecule has 0 N–H and O–H groups in total. The first-order valence-electron chi connectivity index (χ1n) is 9.15. The topological polar surface area (TPSA) is 77.0 Å². The van der Waals surface area contributed by atoms with E-state index in [4.69, 9.17) is 32.4 Å². The Kier molecular flexibility index (Phi) is 6.38. The van der Waals surface area contributed by atoms with Crippen molar-refractivity contribution in [1.82, 2.24) is 9.47 Å². The molecule has 10 heteroatoms. The van der Waals surface area contributed by atoms with Gasteiger partial charge >= 0.3 is 0 Å². The van der Waals surface area contributed by atoms with Gasteiger partial charge in [-0.05, 0) is 30.3 Å². The number of benzene rings is 1. The summed E-state index contributed by atoms with van der Waals surface area (Å²) in [5.41, 5.74) is 0.348. The molecule has 2 amide bonds. The Morgan fingerprint density at radius 2 is 1.90 bits per heavy atom. The second-order valence-electron chi connectivity index (χ2n) is 6.53. The van der Waals surface area contributed by atoms with Crippen molar-refractivity contribution in [2.24, 2.45) is 4.99 Å². The van der Waals surface area contributed by atoms with E-state index in [1.165, 1.54) is 17.4 Å². The molecule has 0 bridgehead atoms. The molecule has 4 rings (SSSR count). The molecule has 0 atom stereocenters. The molecule has 0 saturated carbocycles. The van der Waals surface area contributed by atoms with Crippen molar-refractivity contribution in [2.75, 3.05) is 26.3 Å². The third kappa shape index (κ3) is 4.67. The molecule has 0 unspecified atom stereocenters. The fourth-order valence-electron chi connectivity index (χ4n) is 2.96. The van der Waals surface area contributed by atoms with Crippen molar-refractivity contribution in [3.63, 3.8) is 0 Å². The Bertz CT molecular complexity index is 1140. The smallest absolute Gasteiger partial charge is 0.289 e. The predicted molar refractivity (Wildman–Crippen MR) is 113 cm³/mol. The minimum atomic E-state index is -0.424. The second-order valence-corrected chi connectivity index (χ2v) is 8.22. The lowest BCUT2D eigenvalue weighted by molar-refractivity contribution is 0.0281. The van der Waals surface area contributed by atoms with Gasteiger partial charge in [-0.25, -0.2) is 0 Å². The number of hydrogen-bond donors (Lipinski definition) is 0. The van der Waals surface area contributed by atoms with Gasteiger partial charge in [0.15, 0.2) is 10.6 Å². The first-order valence-corrected chi connectivity index (χ1v) is 10.8. The van der Waals surface area contributed by atoms with Gasteiger partial charge in [-0.2, -0.15) is 4.99 Å². The minimum Gasteiger partial charge on any atom is -0.454 e. The zero-order valence-corrected chi connectivity index (χ0v) is 18.0. The first kappa shape index (κ1) is 20.9. The number of carbonyl (C=O) groups excluding carboxylic acids is 2. The van der Waals surface area contributed by atoms with E-state index in [9.17, 15) is 9.59 Å². The number of rotatable bonds is 4. The van der Waals surface area contributed by atoms with Crippen LogP contribution in [0.25, 0.3) is 0 Å². The van der Waals surface area contributed by atoms with Crippen LogP contribution in [0.2, 0.25) is 10.0 Å². The molecule has 30 heavy (non-hydrogen) atoms. The van der Waals surface area contributed by atoms with Crippen LogP contribution >= 0.6 is 34.5 Å². The Morgan fingerprint density at radius 3 is 2.67 bits per heavy atom. The van der Waals surface area contributed by atoms with E-state index in [2.05, 4.69) is 4.99 Å². The average Bonchev–Trinajstić information content (AvgIpc) is 3.40. The van der Waals surface area contributed by atoms with Crippen LogP contribution < -0.4 is 4.80 Å². The van der Waals surface area contributed by atoms with Crippen LogP contribution in [-0.4, -0.2) is 47.6 Å². The molecule has 3 heterocycles. The largest absolute Gasteiger partial charge is 0.454 e. The highest BCUT2D eigenvalue weighted by atomic mass is 35.5. The maximum Gasteiger partial charge on any atom is 0.289 e. The monoisotopic (exact) mass is 465 g/mol. The first-order chi connectivity index (χ1) is 14.5. The molecule has 2 aromatic heterocycles. The number of amides is 2. The number of thiazole rings is 1. The summed E-state index contributed by atoms with van der Waals surface area (Å²) in [6.07, 6.45) is 1.80. The molecule has 1 saturated heterocycles. The van der Waals surface area contributed by atoms with Gasteiger partial charge in [0.05, 0.1) is 29.8 Å². The fraction of sp³-hybridized carbons (Fsp3) is 0.250. The van der Waals surface area contributed by atoms with Crippen molar-refractivity contribution >= 4 is 46.4 Å². The molecule has 7 nitrogen and oxygen atoms in total. The lowest BCUT2D eigenvalue weighted by atomic mass is 10.2. The van der Waals surface area contributed by atoms with Gasteiger partial charge in [0.1, 0.15) is 5.76 Å². The van der Waals surface area contributed by atoms with E-state index < -0.39 is 5.91 Å². The molecule has 0 aliphatic carbocycles. The highest BCUT2D eigenvalue weighted by Gasteiger charge is 2.21. The van der Waals surface area contributed by atoms with E-state index in [1.807, 2.05) is 5.38 Å². The van der Waals surface area contributed by atoms with Gasteiger partial charge in [-0.15, -0.1) is 11.3 Å². The number of carbonyl (C=O) groups is 2. The van der Waals surface area contributed by atoms with Crippen LogP contribution in [0.3, 0.4) is 0 Å². The summed E-state index contributed by atoms with van der Waals surface area (Å²) < 4.78 is 12.8. The van der Waals surface area contributed by atoms with Crippen LogP contribution in [0.15, 0.2) is 51.3 Å². The summed E-state index contributed by atoms with van der Waals surface area (Å²) >= 11 is 13.2. The van der Waals surface area contributed by atoms with Crippen molar-refractivity contribution in [2.45, 2.75) is 6.54 Å². The van der Waals surface area contributed by atoms with E-state index in [1.54, 1.807) is 39.9 Å². The molecular weight excluding hydrogens is 449 g/mol. The quantitative estimate of drug-likeness (QED) is 0.588. The number of furan rings is 1. The standard InChI is InChI=1S/C20H17Cl2N3O4S/c21-15-3-1-13(11-16(15)22)18(26)23-20-25(7-10-30-20)12-14-2-4-17(29-14)19(27)24-5-8-28-9-6-24/h1-4,7,10-11H,5-6,8-9,12H2. The molecular formula is C20H17Cl2N3O4S. The summed E-state index contributed by atoms with van der Waals surface area (Å²) in [5, 5.41) is 2.49. The van der Waals surface area contributed by atoms with Gasteiger partial charge in [0.25, 0.3) is 11.8 Å². The lowest BCUT2D eigenvalue weighted by Gasteiger charge is -2.25. The Balaban J connectivity index is 1.50. The van der Waals surface area contributed by atoms with E-state index in [0.29, 0.717) is 59.0 Å². The molecule has 156 valence electrons. The maximum absolute atomic E-state index is 12.5. The second kappa shape index (κ2) is 9.18. The Hall–Kier alpha value is -2.39. The van der Waals surface area contributed by atoms with Crippen molar-refractivity contribution in [1.29, 1.82) is 0 Å². The number of aromatic nitrogens is 1. The Labute approximate surface area is 186 Å². The van der Waals surface area contributed by atoms with Gasteiger partial charge in [-0.3, -0.25) is 9.59 Å². The van der Waals surface area contributed by atoms with Crippen molar-refractivity contribution in [3.05, 3.63) is 73.8 Å². The SMILES string of the molecule is O=C(N=c1sccn1Cc1ccc(C(=O)N2CCOCC2)o1)c1ccc(Cl)c(Cl)c1. The van der Waals surface area contributed by atoms with E-state index in [0.717, 1.165) is 0 Å². The summed E-state index contributed by atoms with van der Waals surface area (Å²) in [5.74, 6) is 0.300. The molecule has 3 aromatic rings. The van der Waals surface area contributed by atoms with Crippen molar-refractivity contribution in [3.8, 4) is 0 Å². The normalized spacial score (nSPS) is 14.9. The molecule has 1 aliphatic rings. The molecule has 0 spiro atoms. The number of morpholine rings is 1. The molecule has 1 aromatic carbocycles. The van der Waals surface area contributed by atoms with Gasteiger partial charge in [0.2, 0.25) is 0 Å². The summed E-state index contributed by atoms with van der Waals surface area (Å²) in [4.78, 5) is 31.4. The van der Waals surface area contributed by atoms with Crippen LogP contribution in [0, 0.1) is 0 Å². The molecule has 1 aliphatic heterocycles. The Morgan fingerprint density at radius 1 is 1.10 bits per heavy atom. The lowest BCUT2D eigenvalue weighted by Crippen LogP contribution is -2.40. The van der Waals surface area contributed by atoms with Gasteiger partial charge < -0.3 is 18.6 Å². The van der Waals surface area contributed by atoms with E-state index in [-0.39, 0.29) is 11.7 Å². The zero-order valence-electron chi connectivity index (χ0n) is 15.7. The number of halogens is 2. The van der Waals surface area contributed by atoms with Crippen molar-refractivity contribution < 1.29 is 18.7 Å². The van der Waals surface area contributed by atoms with E-state index >= 15 is 0 Å². The summed E-state index contributed by atoms with van der Waals surface area (Å²) in [6.45, 7) is 2.50. The zero-order chi connectivity index (χ0) is 21.1. The fourth-order valence-corrected chi connectivity index (χ4v) is 3.98. The highest BCUT2D eigenvalue weighted by Crippen LogP contribution is 2.23. The third-order valence-corrected chi connectivity index (χ3v) is 6.05. The van der Waals surface area contributed by atoms with Gasteiger partial charge in [0, 0.05) is 30.2 Å². The summed E-state index contributed by atoms with van der Waals surface area (Å²) in [6, 6.07) is 8.05. The summed E-state index contributed by atoms with van der Waals surface area (Å²) in [7, 11) is 0. The van der Waals surface area contributed by atoms with Crippen LogP contribution in [0.5, 0.6) is 0 Å². The number of ether oxygens (including phenoxy) is 1. The highest BCUT2D eigenvalue weighted by molar-refractivity contribution is 7.07. The van der Waals surface area contributed by atoms with Crippen LogP contribution in [0.1, 0.15) is 26.7 Å². The average molecular weight is 466 g/mol.